The maximum absolute atomic E-state index is 13.4. The Kier molecular flexibility index (Phi) is 4.76. The molecule has 6 heteroatoms. The van der Waals surface area contributed by atoms with Crippen molar-refractivity contribution in [1.82, 2.24) is 19.5 Å². The van der Waals surface area contributed by atoms with Crippen molar-refractivity contribution in [3.8, 4) is 0 Å². The molecule has 0 N–H and O–H groups in total. The van der Waals surface area contributed by atoms with E-state index in [9.17, 15) is 4.79 Å². The molecule has 1 aliphatic carbocycles. The van der Waals surface area contributed by atoms with Gasteiger partial charge in [-0.15, -0.1) is 0 Å². The second-order valence-electron chi connectivity index (χ2n) is 7.75. The van der Waals surface area contributed by atoms with E-state index in [0.29, 0.717) is 17.0 Å². The molecular formula is C23H21ClN4O. The topological polar surface area (TPSA) is 60.7 Å². The summed E-state index contributed by atoms with van der Waals surface area (Å²) in [5, 5.41) is 2.04. The highest BCUT2D eigenvalue weighted by atomic mass is 35.5. The lowest BCUT2D eigenvalue weighted by atomic mass is 9.95. The van der Waals surface area contributed by atoms with Crippen LogP contribution in [0.3, 0.4) is 0 Å². The molecule has 3 heterocycles. The van der Waals surface area contributed by atoms with Crippen molar-refractivity contribution >= 4 is 33.4 Å². The van der Waals surface area contributed by atoms with Gasteiger partial charge in [0.15, 0.2) is 0 Å². The Bertz CT molecular complexity index is 1240. The number of fused-ring (bicyclic) bond motifs is 3. The Morgan fingerprint density at radius 3 is 2.66 bits per heavy atom. The molecule has 29 heavy (non-hydrogen) atoms. The van der Waals surface area contributed by atoms with E-state index in [2.05, 4.69) is 9.97 Å². The molecule has 0 bridgehead atoms. The Morgan fingerprint density at radius 1 is 1.00 bits per heavy atom. The van der Waals surface area contributed by atoms with Crippen molar-refractivity contribution < 1.29 is 0 Å². The number of benzene rings is 1. The number of hydrogen-bond donors (Lipinski definition) is 0. The molecule has 0 radical (unpaired) electrons. The van der Waals surface area contributed by atoms with Gasteiger partial charge in [0.1, 0.15) is 5.15 Å². The lowest BCUT2D eigenvalue weighted by Crippen LogP contribution is -2.26. The minimum atomic E-state index is 0.0446. The van der Waals surface area contributed by atoms with E-state index in [4.69, 9.17) is 16.6 Å². The van der Waals surface area contributed by atoms with Gasteiger partial charge in [-0.25, -0.2) is 9.97 Å². The fraction of sp³-hybridized carbons (Fsp3) is 0.304. The van der Waals surface area contributed by atoms with Gasteiger partial charge in [-0.2, -0.15) is 0 Å². The average molecular weight is 405 g/mol. The van der Waals surface area contributed by atoms with Crippen LogP contribution in [0.2, 0.25) is 5.15 Å². The summed E-state index contributed by atoms with van der Waals surface area (Å²) < 4.78 is 1.84. The predicted octanol–water partition coefficient (Wildman–Crippen LogP) is 5.09. The van der Waals surface area contributed by atoms with Gasteiger partial charge in [-0.05, 0) is 48.2 Å². The first-order valence-electron chi connectivity index (χ1n) is 10.1. The highest BCUT2D eigenvalue weighted by molar-refractivity contribution is 6.29. The summed E-state index contributed by atoms with van der Waals surface area (Å²) in [6, 6.07) is 9.84. The van der Waals surface area contributed by atoms with Crippen LogP contribution >= 0.6 is 11.6 Å². The van der Waals surface area contributed by atoms with Gasteiger partial charge in [0, 0.05) is 30.2 Å². The third-order valence-electron chi connectivity index (χ3n) is 5.87. The predicted molar refractivity (Wildman–Crippen MR) is 115 cm³/mol. The molecule has 0 saturated heterocycles. The second kappa shape index (κ2) is 7.56. The summed E-state index contributed by atoms with van der Waals surface area (Å²) in [4.78, 5) is 26.9. The minimum Gasteiger partial charge on any atom is -0.296 e. The second-order valence-corrected chi connectivity index (χ2v) is 8.13. The van der Waals surface area contributed by atoms with Crippen molar-refractivity contribution in [3.63, 3.8) is 0 Å². The van der Waals surface area contributed by atoms with Crippen LogP contribution in [-0.4, -0.2) is 19.5 Å². The first-order chi connectivity index (χ1) is 14.2. The van der Waals surface area contributed by atoms with Crippen LogP contribution in [0.25, 0.3) is 21.8 Å². The molecule has 0 amide bonds. The Morgan fingerprint density at radius 2 is 1.86 bits per heavy atom. The zero-order chi connectivity index (χ0) is 19.8. The van der Waals surface area contributed by atoms with Crippen molar-refractivity contribution in [2.45, 2.75) is 44.6 Å². The van der Waals surface area contributed by atoms with Crippen molar-refractivity contribution in [3.05, 3.63) is 75.7 Å². The van der Waals surface area contributed by atoms with Gasteiger partial charge in [-0.1, -0.05) is 36.9 Å². The van der Waals surface area contributed by atoms with Crippen LogP contribution < -0.4 is 5.56 Å². The number of aromatic nitrogens is 4. The molecule has 1 aliphatic rings. The van der Waals surface area contributed by atoms with Crippen LogP contribution in [-0.2, 0) is 6.42 Å². The molecule has 1 aromatic carbocycles. The highest BCUT2D eigenvalue weighted by Crippen LogP contribution is 2.29. The third-order valence-corrected chi connectivity index (χ3v) is 6.09. The van der Waals surface area contributed by atoms with E-state index < -0.39 is 0 Å². The molecular weight excluding hydrogens is 384 g/mol. The van der Waals surface area contributed by atoms with Crippen LogP contribution in [0.4, 0.5) is 0 Å². The lowest BCUT2D eigenvalue weighted by Gasteiger charge is -2.24. The SMILES string of the molecule is O=c1c2cc(Cc3ccc(Cl)nc3)c3ncccc3c2ncn1C1CCCCC1. The summed E-state index contributed by atoms with van der Waals surface area (Å²) in [7, 11) is 0. The van der Waals surface area contributed by atoms with Crippen molar-refractivity contribution in [1.29, 1.82) is 0 Å². The van der Waals surface area contributed by atoms with E-state index in [0.717, 1.165) is 40.4 Å². The third kappa shape index (κ3) is 3.40. The molecule has 5 rings (SSSR count). The van der Waals surface area contributed by atoms with Crippen LogP contribution in [0, 0.1) is 0 Å². The molecule has 0 spiro atoms. The fourth-order valence-electron chi connectivity index (χ4n) is 4.41. The number of nitrogens with zero attached hydrogens (tertiary/aromatic N) is 4. The van der Waals surface area contributed by atoms with Gasteiger partial charge in [0.2, 0.25) is 0 Å². The van der Waals surface area contributed by atoms with E-state index in [1.54, 1.807) is 24.8 Å². The van der Waals surface area contributed by atoms with Crippen LogP contribution in [0.15, 0.2) is 53.8 Å². The molecule has 146 valence electrons. The smallest absolute Gasteiger partial charge is 0.261 e. The van der Waals surface area contributed by atoms with E-state index in [1.807, 2.05) is 28.8 Å². The molecule has 1 saturated carbocycles. The number of pyridine rings is 2. The van der Waals surface area contributed by atoms with E-state index in [1.165, 1.54) is 19.3 Å². The highest BCUT2D eigenvalue weighted by Gasteiger charge is 2.19. The van der Waals surface area contributed by atoms with Gasteiger partial charge in [0.05, 0.1) is 22.7 Å². The monoisotopic (exact) mass is 404 g/mol. The van der Waals surface area contributed by atoms with Crippen LogP contribution in [0.5, 0.6) is 0 Å². The van der Waals surface area contributed by atoms with E-state index in [-0.39, 0.29) is 11.6 Å². The van der Waals surface area contributed by atoms with Gasteiger partial charge in [-0.3, -0.25) is 14.3 Å². The van der Waals surface area contributed by atoms with Crippen LogP contribution in [0.1, 0.15) is 49.3 Å². The average Bonchev–Trinajstić information content (AvgIpc) is 2.77. The minimum absolute atomic E-state index is 0.0446. The first-order valence-corrected chi connectivity index (χ1v) is 10.5. The molecule has 0 aliphatic heterocycles. The first kappa shape index (κ1) is 18.3. The molecule has 4 aromatic rings. The Hall–Kier alpha value is -2.79. The van der Waals surface area contributed by atoms with Gasteiger partial charge >= 0.3 is 0 Å². The van der Waals surface area contributed by atoms with Crippen molar-refractivity contribution in [2.24, 2.45) is 0 Å². The molecule has 0 unspecified atom stereocenters. The molecule has 1 fully saturated rings. The zero-order valence-electron chi connectivity index (χ0n) is 16.0. The number of hydrogen-bond acceptors (Lipinski definition) is 4. The number of halogens is 1. The largest absolute Gasteiger partial charge is 0.296 e. The lowest BCUT2D eigenvalue weighted by molar-refractivity contribution is 0.345. The molecule has 0 atom stereocenters. The Labute approximate surface area is 173 Å². The summed E-state index contributed by atoms with van der Waals surface area (Å²) in [6.07, 6.45) is 11.6. The fourth-order valence-corrected chi connectivity index (χ4v) is 4.52. The summed E-state index contributed by atoms with van der Waals surface area (Å²) in [6.45, 7) is 0. The maximum atomic E-state index is 13.4. The zero-order valence-corrected chi connectivity index (χ0v) is 16.8. The van der Waals surface area contributed by atoms with E-state index >= 15 is 0 Å². The summed E-state index contributed by atoms with van der Waals surface area (Å²) in [5.41, 5.74) is 3.67. The standard InChI is InChI=1S/C23H21ClN4O/c24-20-9-8-15(13-26-20)11-16-12-19-22(18-7-4-10-25-21(16)18)27-14-28(23(19)29)17-5-2-1-3-6-17/h4,7-10,12-14,17H,1-3,5-6,11H2. The van der Waals surface area contributed by atoms with Crippen molar-refractivity contribution in [2.75, 3.05) is 0 Å². The number of rotatable bonds is 3. The summed E-state index contributed by atoms with van der Waals surface area (Å²) in [5.74, 6) is 0. The molecule has 3 aromatic heterocycles. The maximum Gasteiger partial charge on any atom is 0.261 e. The Balaban J connectivity index is 1.69. The quantitative estimate of drug-likeness (QED) is 0.352. The van der Waals surface area contributed by atoms with Gasteiger partial charge < -0.3 is 0 Å². The summed E-state index contributed by atoms with van der Waals surface area (Å²) >= 11 is 5.92. The normalized spacial score (nSPS) is 15.2. The molecule has 5 nitrogen and oxygen atoms in total. The van der Waals surface area contributed by atoms with Gasteiger partial charge in [0.25, 0.3) is 5.56 Å².